The Kier molecular flexibility index (Phi) is 4.74. The van der Waals surface area contributed by atoms with Gasteiger partial charge in [-0.05, 0) is 51.1 Å². The first-order valence-electron chi connectivity index (χ1n) is 8.28. The van der Waals surface area contributed by atoms with Crippen molar-refractivity contribution < 1.29 is 19.1 Å². The zero-order valence-corrected chi connectivity index (χ0v) is 14.6. The van der Waals surface area contributed by atoms with Crippen LogP contribution in [0.4, 0.5) is 5.69 Å². The Bertz CT molecular complexity index is 798. The summed E-state index contributed by atoms with van der Waals surface area (Å²) in [6.07, 6.45) is -0.560. The number of hydrogen-bond donors (Lipinski definition) is 0. The van der Waals surface area contributed by atoms with Crippen molar-refractivity contribution in [1.82, 2.24) is 0 Å². The number of nitrogens with zero attached hydrogens (tertiary/aromatic N) is 1. The van der Waals surface area contributed by atoms with Crippen molar-refractivity contribution in [2.45, 2.75) is 26.9 Å². The first-order valence-corrected chi connectivity index (χ1v) is 8.28. The second-order valence-electron chi connectivity index (χ2n) is 6.15. The second-order valence-corrected chi connectivity index (χ2v) is 6.15. The van der Waals surface area contributed by atoms with E-state index >= 15 is 0 Å². The van der Waals surface area contributed by atoms with Crippen molar-refractivity contribution in [3.63, 3.8) is 0 Å². The van der Waals surface area contributed by atoms with Gasteiger partial charge in [-0.1, -0.05) is 17.7 Å². The van der Waals surface area contributed by atoms with Gasteiger partial charge >= 0.3 is 0 Å². The number of rotatable bonds is 5. The van der Waals surface area contributed by atoms with Gasteiger partial charge in [-0.2, -0.15) is 0 Å². The zero-order chi connectivity index (χ0) is 18.0. The average Bonchev–Trinajstić information content (AvgIpc) is 2.59. The van der Waals surface area contributed by atoms with E-state index in [1.807, 2.05) is 31.2 Å². The molecule has 3 rings (SSSR count). The van der Waals surface area contributed by atoms with Gasteiger partial charge in [0.25, 0.3) is 5.91 Å². The molecule has 0 radical (unpaired) electrons. The Labute approximate surface area is 147 Å². The molecule has 0 fully saturated rings. The number of hydrogen-bond acceptors (Lipinski definition) is 4. The minimum atomic E-state index is -0.560. The van der Waals surface area contributed by atoms with Crippen LogP contribution in [0.2, 0.25) is 0 Å². The molecule has 0 spiro atoms. The highest BCUT2D eigenvalue weighted by Gasteiger charge is 2.31. The summed E-state index contributed by atoms with van der Waals surface area (Å²) in [5.41, 5.74) is 2.33. The van der Waals surface area contributed by atoms with E-state index in [1.54, 1.807) is 30.0 Å². The molecule has 0 saturated carbocycles. The van der Waals surface area contributed by atoms with Crippen LogP contribution in [0.15, 0.2) is 42.5 Å². The summed E-state index contributed by atoms with van der Waals surface area (Å²) in [5.74, 6) is 1.18. The molecule has 0 aromatic heterocycles. The molecule has 2 aromatic rings. The Morgan fingerprint density at radius 1 is 1.20 bits per heavy atom. The van der Waals surface area contributed by atoms with E-state index in [-0.39, 0.29) is 11.7 Å². The van der Waals surface area contributed by atoms with Crippen LogP contribution in [0, 0.1) is 6.92 Å². The molecule has 5 nitrogen and oxygen atoms in total. The van der Waals surface area contributed by atoms with Crippen molar-refractivity contribution in [2.75, 3.05) is 18.1 Å². The third-order valence-electron chi connectivity index (χ3n) is 4.18. The Balaban J connectivity index is 1.77. The summed E-state index contributed by atoms with van der Waals surface area (Å²) in [7, 11) is 0. The highest BCUT2D eigenvalue weighted by molar-refractivity contribution is 6.02. The van der Waals surface area contributed by atoms with Gasteiger partial charge in [-0.25, -0.2) is 0 Å². The van der Waals surface area contributed by atoms with Gasteiger partial charge < -0.3 is 14.4 Å². The highest BCUT2D eigenvalue weighted by atomic mass is 16.5. The predicted molar refractivity (Wildman–Crippen MR) is 95.6 cm³/mol. The van der Waals surface area contributed by atoms with Gasteiger partial charge in [-0.3, -0.25) is 9.59 Å². The fraction of sp³-hybridized carbons (Fsp3) is 0.300. The minimum Gasteiger partial charge on any atom is -0.492 e. The third kappa shape index (κ3) is 3.65. The van der Waals surface area contributed by atoms with E-state index in [0.29, 0.717) is 30.2 Å². The van der Waals surface area contributed by atoms with E-state index < -0.39 is 6.10 Å². The van der Waals surface area contributed by atoms with Gasteiger partial charge in [0.1, 0.15) is 18.1 Å². The topological polar surface area (TPSA) is 55.8 Å². The minimum absolute atomic E-state index is 0.0512. The fourth-order valence-corrected chi connectivity index (χ4v) is 2.75. The number of ketones is 1. The van der Waals surface area contributed by atoms with E-state index in [2.05, 4.69) is 0 Å². The number of fused-ring (bicyclic) bond motifs is 1. The Morgan fingerprint density at radius 3 is 2.60 bits per heavy atom. The number of Topliss-reactive ketones (excluding diaryl/α,β-unsaturated/α-hetero) is 1. The first kappa shape index (κ1) is 17.0. The maximum atomic E-state index is 12.5. The number of aryl methyl sites for hydroxylation is 1. The van der Waals surface area contributed by atoms with E-state index in [1.165, 1.54) is 6.92 Å². The molecule has 0 N–H and O–H groups in total. The fourth-order valence-electron chi connectivity index (χ4n) is 2.75. The van der Waals surface area contributed by atoms with Crippen LogP contribution in [0.25, 0.3) is 0 Å². The van der Waals surface area contributed by atoms with E-state index in [4.69, 9.17) is 9.47 Å². The normalized spacial score (nSPS) is 16.2. The highest BCUT2D eigenvalue weighted by Crippen LogP contribution is 2.35. The maximum absolute atomic E-state index is 12.5. The summed E-state index contributed by atoms with van der Waals surface area (Å²) < 4.78 is 11.4. The predicted octanol–water partition coefficient (Wildman–Crippen LogP) is 3.39. The van der Waals surface area contributed by atoms with Gasteiger partial charge in [0.2, 0.25) is 0 Å². The largest absolute Gasteiger partial charge is 0.492 e. The smallest absolute Gasteiger partial charge is 0.267 e. The van der Waals surface area contributed by atoms with Gasteiger partial charge in [0.05, 0.1) is 12.2 Å². The molecule has 1 unspecified atom stereocenters. The molecule has 0 bridgehead atoms. The van der Waals surface area contributed by atoms with Crippen LogP contribution in [-0.2, 0) is 4.79 Å². The molecule has 1 heterocycles. The lowest BCUT2D eigenvalue weighted by atomic mass is 10.1. The molecule has 1 atom stereocenters. The molecule has 1 aliphatic heterocycles. The number of benzene rings is 2. The average molecular weight is 339 g/mol. The first-order chi connectivity index (χ1) is 12.0. The summed E-state index contributed by atoms with van der Waals surface area (Å²) in [4.78, 5) is 25.8. The van der Waals surface area contributed by atoms with Crippen molar-refractivity contribution >= 4 is 17.4 Å². The Morgan fingerprint density at radius 2 is 1.92 bits per heavy atom. The summed E-state index contributed by atoms with van der Waals surface area (Å²) in [6, 6.07) is 12.9. The van der Waals surface area contributed by atoms with Crippen molar-refractivity contribution in [1.29, 1.82) is 0 Å². The lowest BCUT2D eigenvalue weighted by Crippen LogP contribution is -2.46. The SMILES string of the molecule is CC(=O)c1ccc2c(c1)N(CCOc1ccc(C)cc1)C(=O)C(C)O2. The van der Waals surface area contributed by atoms with Crippen LogP contribution in [0.1, 0.15) is 29.8 Å². The lowest BCUT2D eigenvalue weighted by molar-refractivity contribution is -0.125. The van der Waals surface area contributed by atoms with Crippen LogP contribution >= 0.6 is 0 Å². The molecular formula is C20H21NO4. The van der Waals surface area contributed by atoms with Crippen molar-refractivity contribution in [2.24, 2.45) is 0 Å². The summed E-state index contributed by atoms with van der Waals surface area (Å²) in [5, 5.41) is 0. The maximum Gasteiger partial charge on any atom is 0.267 e. The number of amides is 1. The molecule has 5 heteroatoms. The number of carbonyl (C=O) groups is 2. The number of anilines is 1. The van der Waals surface area contributed by atoms with Gasteiger partial charge in [-0.15, -0.1) is 0 Å². The molecular weight excluding hydrogens is 318 g/mol. The van der Waals surface area contributed by atoms with Crippen LogP contribution < -0.4 is 14.4 Å². The molecule has 0 aliphatic carbocycles. The number of carbonyl (C=O) groups excluding carboxylic acids is 2. The van der Waals surface area contributed by atoms with Crippen LogP contribution in [0.5, 0.6) is 11.5 Å². The van der Waals surface area contributed by atoms with Crippen molar-refractivity contribution in [3.05, 3.63) is 53.6 Å². The standard InChI is InChI=1S/C20H21NO4/c1-13-4-7-17(8-5-13)24-11-10-21-18-12-16(14(2)22)6-9-19(18)25-15(3)20(21)23/h4-9,12,15H,10-11H2,1-3H3. The van der Waals surface area contributed by atoms with Crippen LogP contribution in [-0.4, -0.2) is 30.9 Å². The molecule has 2 aromatic carbocycles. The lowest BCUT2D eigenvalue weighted by Gasteiger charge is -2.33. The van der Waals surface area contributed by atoms with E-state index in [0.717, 1.165) is 11.3 Å². The van der Waals surface area contributed by atoms with Crippen LogP contribution in [0.3, 0.4) is 0 Å². The van der Waals surface area contributed by atoms with Gasteiger partial charge in [0.15, 0.2) is 11.9 Å². The van der Waals surface area contributed by atoms with Crippen molar-refractivity contribution in [3.8, 4) is 11.5 Å². The molecule has 130 valence electrons. The second kappa shape index (κ2) is 6.97. The summed E-state index contributed by atoms with van der Waals surface area (Å²) >= 11 is 0. The Hall–Kier alpha value is -2.82. The third-order valence-corrected chi connectivity index (χ3v) is 4.18. The molecule has 1 amide bonds. The quantitative estimate of drug-likeness (QED) is 0.784. The zero-order valence-electron chi connectivity index (χ0n) is 14.6. The summed E-state index contributed by atoms with van der Waals surface area (Å²) in [6.45, 7) is 5.97. The molecule has 1 aliphatic rings. The molecule has 25 heavy (non-hydrogen) atoms. The monoisotopic (exact) mass is 339 g/mol. The van der Waals surface area contributed by atoms with E-state index in [9.17, 15) is 9.59 Å². The number of ether oxygens (including phenoxy) is 2. The van der Waals surface area contributed by atoms with Gasteiger partial charge in [0, 0.05) is 5.56 Å². The molecule has 0 saturated heterocycles.